The van der Waals surface area contributed by atoms with E-state index in [9.17, 15) is 50.4 Å². The van der Waals surface area contributed by atoms with Gasteiger partial charge in [-0.1, -0.05) is 0 Å². The molecule has 4 aromatic rings. The first-order chi connectivity index (χ1) is 19.9. The molecule has 0 saturated carbocycles. The highest BCUT2D eigenvalue weighted by atomic mass is 16.5. The second kappa shape index (κ2) is 9.41. The van der Waals surface area contributed by atoms with E-state index in [2.05, 4.69) is 0 Å². The molecule has 0 aliphatic carbocycles. The van der Waals surface area contributed by atoms with Crippen LogP contribution in [0.5, 0.6) is 57.5 Å². The fourth-order valence-electron chi connectivity index (χ4n) is 5.64. The Balaban J connectivity index is 1.62. The zero-order valence-corrected chi connectivity index (χ0v) is 21.3. The number of benzene rings is 4. The third kappa shape index (κ3) is 4.08. The standard InChI is InChI=1S/C30H22O12/c31-11-1-3-15(17(35)5-11)29-25(27(39)23-19(37)7-13(33)9-21(23)41-29)26-28(40)24-20(38)8-14(34)10-22(24)42-30(26)16-4-2-12(32)6-18(16)36/h1-10,25-26,29-38H/t25-,26-,29-,30-/m1/s1. The Morgan fingerprint density at radius 3 is 1.17 bits per heavy atom. The summed E-state index contributed by atoms with van der Waals surface area (Å²) in [5.41, 5.74) is -0.868. The number of aromatic hydroxyl groups is 8. The maximum absolute atomic E-state index is 14.3. The van der Waals surface area contributed by atoms with Gasteiger partial charge in [-0.2, -0.15) is 0 Å². The minimum absolute atomic E-state index is 0.0539. The van der Waals surface area contributed by atoms with Crippen molar-refractivity contribution in [3.63, 3.8) is 0 Å². The number of carbonyl (C=O) groups excluding carboxylic acids is 2. The van der Waals surface area contributed by atoms with E-state index in [1.807, 2.05) is 0 Å². The molecule has 8 N–H and O–H groups in total. The molecule has 0 unspecified atom stereocenters. The number of ketones is 2. The lowest BCUT2D eigenvalue weighted by Gasteiger charge is -2.42. The lowest BCUT2D eigenvalue weighted by molar-refractivity contribution is 0.0119. The third-order valence-corrected chi connectivity index (χ3v) is 7.42. The number of ether oxygens (including phenoxy) is 2. The monoisotopic (exact) mass is 574 g/mol. The van der Waals surface area contributed by atoms with Gasteiger partial charge in [0.1, 0.15) is 80.8 Å². The summed E-state index contributed by atoms with van der Waals surface area (Å²) in [6.45, 7) is 0. The number of carbonyl (C=O) groups is 2. The second-order valence-electron chi connectivity index (χ2n) is 10.0. The normalized spacial score (nSPS) is 21.1. The number of hydrogen-bond donors (Lipinski definition) is 8. The molecule has 2 heterocycles. The molecule has 12 heteroatoms. The summed E-state index contributed by atoms with van der Waals surface area (Å²) >= 11 is 0. The van der Waals surface area contributed by atoms with Crippen molar-refractivity contribution in [2.24, 2.45) is 11.8 Å². The van der Waals surface area contributed by atoms with E-state index in [0.29, 0.717) is 0 Å². The third-order valence-electron chi connectivity index (χ3n) is 7.42. The van der Waals surface area contributed by atoms with Crippen LogP contribution in [0.15, 0.2) is 60.7 Å². The summed E-state index contributed by atoms with van der Waals surface area (Å²) in [6.07, 6.45) is -2.99. The van der Waals surface area contributed by atoms with Gasteiger partial charge in [-0.3, -0.25) is 9.59 Å². The van der Waals surface area contributed by atoms with Crippen molar-refractivity contribution in [3.8, 4) is 57.5 Å². The van der Waals surface area contributed by atoms with Gasteiger partial charge in [0.25, 0.3) is 0 Å². The van der Waals surface area contributed by atoms with E-state index in [-0.39, 0.29) is 45.3 Å². The van der Waals surface area contributed by atoms with Crippen molar-refractivity contribution in [1.29, 1.82) is 0 Å². The van der Waals surface area contributed by atoms with Crippen LogP contribution in [0.25, 0.3) is 0 Å². The van der Waals surface area contributed by atoms with Gasteiger partial charge in [-0.05, 0) is 24.3 Å². The molecule has 0 amide bonds. The summed E-state index contributed by atoms with van der Waals surface area (Å²) in [7, 11) is 0. The Labute approximate surface area is 236 Å². The van der Waals surface area contributed by atoms with Gasteiger partial charge in [0, 0.05) is 47.5 Å². The maximum Gasteiger partial charge on any atom is 0.178 e. The molecule has 0 saturated heterocycles. The predicted octanol–water partition coefficient (Wildman–Crippen LogP) is 3.90. The highest BCUT2D eigenvalue weighted by molar-refractivity contribution is 6.11. The van der Waals surface area contributed by atoms with E-state index in [1.165, 1.54) is 24.3 Å². The summed E-state index contributed by atoms with van der Waals surface area (Å²) in [5.74, 6) is -9.30. The molecular formula is C30H22O12. The lowest BCUT2D eigenvalue weighted by Crippen LogP contribution is -2.45. The van der Waals surface area contributed by atoms with Crippen LogP contribution in [0.3, 0.4) is 0 Å². The molecule has 6 rings (SSSR count). The van der Waals surface area contributed by atoms with Crippen molar-refractivity contribution in [3.05, 3.63) is 82.9 Å². The molecule has 0 aromatic heterocycles. The molecule has 2 aliphatic heterocycles. The minimum Gasteiger partial charge on any atom is -0.508 e. The highest BCUT2D eigenvalue weighted by Gasteiger charge is 2.54. The van der Waals surface area contributed by atoms with Gasteiger partial charge >= 0.3 is 0 Å². The SMILES string of the molecule is O=C1c2c(O)cc(O)cc2O[C@H](c2ccc(O)cc2O)[C@@H]1[C@@H]1C(=O)c2c(O)cc(O)cc2O[C@@H]1c1ccc(O)cc1O. The van der Waals surface area contributed by atoms with Crippen LogP contribution in [-0.2, 0) is 0 Å². The first kappa shape index (κ1) is 26.4. The Bertz CT molecular complexity index is 1660. The second-order valence-corrected chi connectivity index (χ2v) is 10.0. The average Bonchev–Trinajstić information content (AvgIpc) is 2.88. The fraction of sp³-hybridized carbons (Fsp3) is 0.133. The topological polar surface area (TPSA) is 214 Å². The summed E-state index contributed by atoms with van der Waals surface area (Å²) < 4.78 is 12.1. The number of hydrogen-bond acceptors (Lipinski definition) is 12. The van der Waals surface area contributed by atoms with Crippen molar-refractivity contribution in [2.45, 2.75) is 12.2 Å². The van der Waals surface area contributed by atoms with Crippen LogP contribution in [0.4, 0.5) is 0 Å². The van der Waals surface area contributed by atoms with Gasteiger partial charge in [0.15, 0.2) is 11.6 Å². The zero-order valence-electron chi connectivity index (χ0n) is 21.3. The zero-order chi connectivity index (χ0) is 30.0. The summed E-state index contributed by atoms with van der Waals surface area (Å²) in [4.78, 5) is 28.5. The van der Waals surface area contributed by atoms with Gasteiger partial charge in [-0.15, -0.1) is 0 Å². The van der Waals surface area contributed by atoms with Crippen LogP contribution in [0.2, 0.25) is 0 Å². The molecule has 0 spiro atoms. The summed E-state index contributed by atoms with van der Waals surface area (Å²) in [5, 5.41) is 82.7. The van der Waals surface area contributed by atoms with Crippen molar-refractivity contribution in [2.75, 3.05) is 0 Å². The van der Waals surface area contributed by atoms with Crippen LogP contribution < -0.4 is 9.47 Å². The Morgan fingerprint density at radius 2 is 0.810 bits per heavy atom. The summed E-state index contributed by atoms with van der Waals surface area (Å²) in [6, 6.07) is 10.9. The predicted molar refractivity (Wildman–Crippen MR) is 141 cm³/mol. The van der Waals surface area contributed by atoms with E-state index >= 15 is 0 Å². The highest BCUT2D eigenvalue weighted by Crippen LogP contribution is 2.55. The molecule has 0 bridgehead atoms. The van der Waals surface area contributed by atoms with E-state index in [1.54, 1.807) is 0 Å². The first-order valence-electron chi connectivity index (χ1n) is 12.5. The largest absolute Gasteiger partial charge is 0.508 e. The number of Topliss-reactive ketones (excluding diaryl/α,β-unsaturated/α-hetero) is 2. The fourth-order valence-corrected chi connectivity index (χ4v) is 5.64. The van der Waals surface area contributed by atoms with Crippen LogP contribution >= 0.6 is 0 Å². The van der Waals surface area contributed by atoms with Gasteiger partial charge in [0.2, 0.25) is 0 Å². The molecule has 42 heavy (non-hydrogen) atoms. The number of fused-ring (bicyclic) bond motifs is 2. The van der Waals surface area contributed by atoms with Crippen LogP contribution in [-0.4, -0.2) is 52.4 Å². The molecule has 2 aliphatic rings. The molecule has 12 nitrogen and oxygen atoms in total. The Morgan fingerprint density at radius 1 is 0.452 bits per heavy atom. The molecule has 4 aromatic carbocycles. The maximum atomic E-state index is 14.3. The number of rotatable bonds is 3. The van der Waals surface area contributed by atoms with Crippen molar-refractivity contribution in [1.82, 2.24) is 0 Å². The van der Waals surface area contributed by atoms with Crippen LogP contribution in [0, 0.1) is 11.8 Å². The molecular weight excluding hydrogens is 552 g/mol. The van der Waals surface area contributed by atoms with Gasteiger partial charge in [-0.25, -0.2) is 0 Å². The van der Waals surface area contributed by atoms with E-state index in [4.69, 9.17) is 9.47 Å². The Kier molecular flexibility index (Phi) is 5.92. The molecule has 4 atom stereocenters. The lowest BCUT2D eigenvalue weighted by atomic mass is 9.69. The van der Waals surface area contributed by atoms with Crippen molar-refractivity contribution < 1.29 is 59.9 Å². The minimum atomic E-state index is -1.62. The number of phenols is 8. The van der Waals surface area contributed by atoms with E-state index < -0.39 is 70.1 Å². The average molecular weight is 574 g/mol. The van der Waals surface area contributed by atoms with Crippen molar-refractivity contribution >= 4 is 11.6 Å². The quantitative estimate of drug-likeness (QED) is 0.175. The number of phenolic OH excluding ortho intramolecular Hbond substituents is 8. The molecule has 214 valence electrons. The molecule has 0 fully saturated rings. The first-order valence-corrected chi connectivity index (χ1v) is 12.5. The smallest absolute Gasteiger partial charge is 0.178 e. The molecule has 0 radical (unpaired) electrons. The van der Waals surface area contributed by atoms with Crippen LogP contribution in [0.1, 0.15) is 44.1 Å². The van der Waals surface area contributed by atoms with Gasteiger partial charge < -0.3 is 50.3 Å². The van der Waals surface area contributed by atoms with Gasteiger partial charge in [0.05, 0.1) is 11.8 Å². The Hall–Kier alpha value is -5.78. The van der Waals surface area contributed by atoms with E-state index in [0.717, 1.165) is 36.4 Å².